The number of likely N-dealkylation sites (tertiary alicyclic amines) is 1. The van der Waals surface area contributed by atoms with E-state index in [9.17, 15) is 9.59 Å². The summed E-state index contributed by atoms with van der Waals surface area (Å²) in [5, 5.41) is 13.7. The smallest absolute Gasteiger partial charge is 0.317 e. The zero-order valence-electron chi connectivity index (χ0n) is 10.5. The molecule has 0 bridgehead atoms. The second kappa shape index (κ2) is 6.51. The number of carboxylic acids is 1. The maximum Gasteiger partial charge on any atom is 0.317 e. The quantitative estimate of drug-likeness (QED) is 0.869. The van der Waals surface area contributed by atoms with E-state index in [0.29, 0.717) is 32.5 Å². The number of carbonyl (C=O) groups excluding carboxylic acids is 1. The zero-order valence-corrected chi connectivity index (χ0v) is 11.4. The number of carbonyl (C=O) groups is 2. The molecule has 1 fully saturated rings. The minimum absolute atomic E-state index is 0.179. The van der Waals surface area contributed by atoms with Gasteiger partial charge in [-0.3, -0.25) is 4.79 Å². The lowest BCUT2D eigenvalue weighted by molar-refractivity contribution is -0.143. The van der Waals surface area contributed by atoms with Gasteiger partial charge in [-0.05, 0) is 12.8 Å². The highest BCUT2D eigenvalue weighted by Crippen LogP contribution is 2.16. The minimum atomic E-state index is -0.819. The van der Waals surface area contributed by atoms with Crippen molar-refractivity contribution in [2.45, 2.75) is 19.3 Å². The maximum absolute atomic E-state index is 11.9. The fraction of sp³-hybridized carbons (Fsp3) is 0.583. The molecule has 104 valence electrons. The molecule has 7 heteroatoms. The topological polar surface area (TPSA) is 82.5 Å². The van der Waals surface area contributed by atoms with E-state index in [0.717, 1.165) is 12.1 Å². The summed E-state index contributed by atoms with van der Waals surface area (Å²) in [5.41, 5.74) is 2.73. The lowest BCUT2D eigenvalue weighted by Crippen LogP contribution is -2.47. The van der Waals surface area contributed by atoms with Crippen molar-refractivity contribution in [3.05, 3.63) is 16.6 Å². The molecular weight excluding hydrogens is 266 g/mol. The second-order valence-electron chi connectivity index (χ2n) is 4.59. The number of nitrogens with zero attached hydrogens (tertiary/aromatic N) is 2. The van der Waals surface area contributed by atoms with Crippen LogP contribution in [0.2, 0.25) is 0 Å². The summed E-state index contributed by atoms with van der Waals surface area (Å²) in [6, 6.07) is -0.179. The molecule has 0 spiro atoms. The van der Waals surface area contributed by atoms with Crippen LogP contribution in [0.1, 0.15) is 18.5 Å². The maximum atomic E-state index is 11.9. The number of urea groups is 1. The van der Waals surface area contributed by atoms with Crippen molar-refractivity contribution in [1.82, 2.24) is 15.2 Å². The van der Waals surface area contributed by atoms with Crippen LogP contribution in [0.15, 0.2) is 10.9 Å². The van der Waals surface area contributed by atoms with Gasteiger partial charge in [0.1, 0.15) is 0 Å². The Morgan fingerprint density at radius 3 is 3.11 bits per heavy atom. The number of piperidine rings is 1. The third kappa shape index (κ3) is 3.92. The molecule has 1 aliphatic rings. The lowest BCUT2D eigenvalue weighted by atomic mass is 9.99. The van der Waals surface area contributed by atoms with Gasteiger partial charge in [0.2, 0.25) is 0 Å². The number of nitrogens with one attached hydrogen (secondary N) is 1. The van der Waals surface area contributed by atoms with Crippen LogP contribution in [0.3, 0.4) is 0 Å². The lowest BCUT2D eigenvalue weighted by Gasteiger charge is -2.30. The Hall–Kier alpha value is -1.63. The number of thiazole rings is 1. The van der Waals surface area contributed by atoms with Crippen molar-refractivity contribution in [3.8, 4) is 0 Å². The number of hydrogen-bond acceptors (Lipinski definition) is 4. The molecule has 1 aromatic heterocycles. The van der Waals surface area contributed by atoms with Crippen LogP contribution in [0.5, 0.6) is 0 Å². The van der Waals surface area contributed by atoms with Crippen LogP contribution in [0, 0.1) is 5.92 Å². The highest BCUT2D eigenvalue weighted by Gasteiger charge is 2.27. The highest BCUT2D eigenvalue weighted by atomic mass is 32.1. The molecule has 19 heavy (non-hydrogen) atoms. The van der Waals surface area contributed by atoms with Gasteiger partial charge in [0.15, 0.2) is 0 Å². The third-order valence-electron chi connectivity index (χ3n) is 3.20. The van der Waals surface area contributed by atoms with Crippen molar-refractivity contribution >= 4 is 23.3 Å². The second-order valence-corrected chi connectivity index (χ2v) is 5.30. The molecule has 2 heterocycles. The Labute approximate surface area is 115 Å². The van der Waals surface area contributed by atoms with Gasteiger partial charge in [-0.15, -0.1) is 11.3 Å². The predicted octanol–water partition coefficient (Wildman–Crippen LogP) is 1.19. The first-order valence-electron chi connectivity index (χ1n) is 6.29. The van der Waals surface area contributed by atoms with Crippen molar-refractivity contribution in [1.29, 1.82) is 0 Å². The van der Waals surface area contributed by atoms with Gasteiger partial charge in [-0.25, -0.2) is 9.78 Å². The van der Waals surface area contributed by atoms with Gasteiger partial charge in [0.05, 0.1) is 17.1 Å². The van der Waals surface area contributed by atoms with Gasteiger partial charge >= 0.3 is 12.0 Å². The molecule has 1 aromatic rings. The minimum Gasteiger partial charge on any atom is -0.481 e. The van der Waals surface area contributed by atoms with E-state index in [1.807, 2.05) is 5.38 Å². The highest BCUT2D eigenvalue weighted by molar-refractivity contribution is 7.07. The van der Waals surface area contributed by atoms with E-state index in [1.54, 1.807) is 10.4 Å². The molecule has 2 N–H and O–H groups in total. The van der Waals surface area contributed by atoms with Crippen LogP contribution < -0.4 is 5.32 Å². The summed E-state index contributed by atoms with van der Waals surface area (Å²) >= 11 is 1.53. The summed E-state index contributed by atoms with van der Waals surface area (Å²) in [7, 11) is 0. The zero-order chi connectivity index (χ0) is 13.7. The Bertz CT molecular complexity index is 435. The molecule has 0 unspecified atom stereocenters. The normalized spacial score (nSPS) is 19.2. The molecule has 0 saturated carbocycles. The number of aliphatic carboxylic acids is 1. The molecule has 6 nitrogen and oxygen atoms in total. The third-order valence-corrected chi connectivity index (χ3v) is 3.83. The number of carboxylic acid groups (broad SMARTS) is 1. The summed E-state index contributed by atoms with van der Waals surface area (Å²) in [6.07, 6.45) is 2.10. The van der Waals surface area contributed by atoms with E-state index in [2.05, 4.69) is 10.3 Å². The number of amides is 2. The average Bonchev–Trinajstić information content (AvgIpc) is 2.92. The molecule has 0 aliphatic carbocycles. The molecule has 1 atom stereocenters. The van der Waals surface area contributed by atoms with E-state index in [1.165, 1.54) is 11.3 Å². The van der Waals surface area contributed by atoms with Crippen LogP contribution in [-0.2, 0) is 11.2 Å². The van der Waals surface area contributed by atoms with Crippen molar-refractivity contribution in [2.24, 2.45) is 5.92 Å². The van der Waals surface area contributed by atoms with Crippen LogP contribution in [0.25, 0.3) is 0 Å². The fourth-order valence-electron chi connectivity index (χ4n) is 2.13. The van der Waals surface area contributed by atoms with Crippen molar-refractivity contribution in [3.63, 3.8) is 0 Å². The van der Waals surface area contributed by atoms with Gasteiger partial charge in [0, 0.05) is 31.4 Å². The van der Waals surface area contributed by atoms with Crippen LogP contribution in [-0.4, -0.2) is 46.6 Å². The van der Waals surface area contributed by atoms with Gasteiger partial charge < -0.3 is 15.3 Å². The number of hydrogen-bond donors (Lipinski definition) is 2. The SMILES string of the molecule is O=C(O)[C@H]1CCCN(C(=O)NCCc2cscn2)C1. The van der Waals surface area contributed by atoms with E-state index < -0.39 is 11.9 Å². The largest absolute Gasteiger partial charge is 0.481 e. The first kappa shape index (κ1) is 13.8. The molecule has 0 radical (unpaired) electrons. The monoisotopic (exact) mass is 283 g/mol. The summed E-state index contributed by atoms with van der Waals surface area (Å²) < 4.78 is 0. The molecule has 2 amide bonds. The fourth-order valence-corrected chi connectivity index (χ4v) is 2.73. The predicted molar refractivity (Wildman–Crippen MR) is 71.1 cm³/mol. The molecule has 1 saturated heterocycles. The number of rotatable bonds is 4. The first-order chi connectivity index (χ1) is 9.16. The molecule has 1 aliphatic heterocycles. The van der Waals surface area contributed by atoms with Crippen molar-refractivity contribution < 1.29 is 14.7 Å². The Kier molecular flexibility index (Phi) is 4.73. The summed E-state index contributed by atoms with van der Waals surface area (Å²) in [4.78, 5) is 28.5. The Balaban J connectivity index is 1.74. The van der Waals surface area contributed by atoms with E-state index >= 15 is 0 Å². The summed E-state index contributed by atoms with van der Waals surface area (Å²) in [5.74, 6) is -1.25. The van der Waals surface area contributed by atoms with E-state index in [-0.39, 0.29) is 6.03 Å². The van der Waals surface area contributed by atoms with Gasteiger partial charge in [-0.2, -0.15) is 0 Å². The van der Waals surface area contributed by atoms with E-state index in [4.69, 9.17) is 5.11 Å². The Morgan fingerprint density at radius 1 is 1.58 bits per heavy atom. The molecule has 0 aromatic carbocycles. The van der Waals surface area contributed by atoms with Crippen LogP contribution in [0.4, 0.5) is 4.79 Å². The van der Waals surface area contributed by atoms with Gasteiger partial charge in [-0.1, -0.05) is 0 Å². The Morgan fingerprint density at radius 2 is 2.42 bits per heavy atom. The average molecular weight is 283 g/mol. The van der Waals surface area contributed by atoms with Crippen molar-refractivity contribution in [2.75, 3.05) is 19.6 Å². The molecular formula is C12H17N3O3S. The standard InChI is InChI=1S/C12H17N3O3S/c16-11(17)9-2-1-5-15(6-9)12(18)13-4-3-10-7-19-8-14-10/h7-9H,1-6H2,(H,13,18)(H,16,17)/t9-/m0/s1. The first-order valence-corrected chi connectivity index (χ1v) is 7.23. The van der Waals surface area contributed by atoms with Gasteiger partial charge in [0.25, 0.3) is 0 Å². The number of aromatic nitrogens is 1. The molecule has 2 rings (SSSR count). The summed E-state index contributed by atoms with van der Waals surface area (Å²) in [6.45, 7) is 1.46. The van der Waals surface area contributed by atoms with Crippen LogP contribution >= 0.6 is 11.3 Å².